The zero-order chi connectivity index (χ0) is 16.0. The second-order valence-electron chi connectivity index (χ2n) is 6.11. The molecular weight excluding hydrogens is 289 g/mol. The number of hydrogen-bond donors (Lipinski definition) is 0. The van der Waals surface area contributed by atoms with Gasteiger partial charge in [-0.15, -0.1) is 0 Å². The molecule has 1 fully saturated rings. The Bertz CT molecular complexity index is 850. The van der Waals surface area contributed by atoms with Crippen LogP contribution in [0, 0.1) is 0 Å². The number of nitrogens with zero attached hydrogens (tertiary/aromatic N) is 1. The van der Waals surface area contributed by atoms with Gasteiger partial charge in [0, 0.05) is 5.56 Å². The topological polar surface area (TPSA) is 44.5 Å². The van der Waals surface area contributed by atoms with Gasteiger partial charge in [-0.25, -0.2) is 4.98 Å². The standard InChI is InChI=1S/C18H16BNO3/c1-12-18(2,3)23-19(22-12)14-10-8-13(9-11-14)17-20-15-6-4-5-7-16(15)21-17/h4-11H,1H2,2-3H3. The van der Waals surface area contributed by atoms with E-state index >= 15 is 0 Å². The summed E-state index contributed by atoms with van der Waals surface area (Å²) in [4.78, 5) is 4.50. The molecule has 1 saturated heterocycles. The molecule has 0 bridgehead atoms. The van der Waals surface area contributed by atoms with E-state index in [0.29, 0.717) is 11.6 Å². The van der Waals surface area contributed by atoms with Crippen LogP contribution < -0.4 is 5.46 Å². The van der Waals surface area contributed by atoms with Crippen molar-refractivity contribution in [3.63, 3.8) is 0 Å². The highest BCUT2D eigenvalue weighted by atomic mass is 16.7. The zero-order valence-electron chi connectivity index (χ0n) is 13.1. The SMILES string of the molecule is C=C1OB(c2ccc(-c3nc4ccccc4o3)cc2)OC1(C)C. The summed E-state index contributed by atoms with van der Waals surface area (Å²) in [5.41, 5.74) is 3.03. The third-order valence-corrected chi connectivity index (χ3v) is 4.05. The molecule has 2 aromatic carbocycles. The van der Waals surface area contributed by atoms with Crippen LogP contribution in [0.15, 0.2) is 65.3 Å². The summed E-state index contributed by atoms with van der Waals surface area (Å²) in [5, 5.41) is 0. The molecule has 1 aliphatic rings. The fraction of sp³-hybridized carbons (Fsp3) is 0.167. The lowest BCUT2D eigenvalue weighted by molar-refractivity contribution is 0.173. The lowest BCUT2D eigenvalue weighted by Gasteiger charge is -2.15. The molecule has 0 amide bonds. The van der Waals surface area contributed by atoms with E-state index in [1.807, 2.05) is 62.4 Å². The fourth-order valence-electron chi connectivity index (χ4n) is 2.54. The Kier molecular flexibility index (Phi) is 3.06. The average molecular weight is 305 g/mol. The normalized spacial score (nSPS) is 16.8. The van der Waals surface area contributed by atoms with Crippen molar-refractivity contribution < 1.29 is 13.7 Å². The molecule has 0 unspecified atom stereocenters. The molecule has 0 N–H and O–H groups in total. The molecule has 5 heteroatoms. The van der Waals surface area contributed by atoms with Crippen molar-refractivity contribution >= 4 is 23.7 Å². The summed E-state index contributed by atoms with van der Waals surface area (Å²) < 4.78 is 17.4. The summed E-state index contributed by atoms with van der Waals surface area (Å²) in [6, 6.07) is 15.6. The van der Waals surface area contributed by atoms with Gasteiger partial charge >= 0.3 is 7.12 Å². The van der Waals surface area contributed by atoms with Crippen molar-refractivity contribution in [3.05, 3.63) is 60.9 Å². The molecule has 4 nitrogen and oxygen atoms in total. The maximum atomic E-state index is 5.88. The number of para-hydroxylation sites is 2. The number of hydrogen-bond acceptors (Lipinski definition) is 4. The number of rotatable bonds is 2. The van der Waals surface area contributed by atoms with Crippen LogP contribution in [-0.2, 0) is 9.31 Å². The molecule has 0 radical (unpaired) electrons. The summed E-state index contributed by atoms with van der Waals surface area (Å²) in [5.74, 6) is 1.25. The first kappa shape index (κ1) is 14.1. The first-order valence-corrected chi connectivity index (χ1v) is 7.53. The molecule has 4 rings (SSSR count). The highest BCUT2D eigenvalue weighted by Crippen LogP contribution is 2.29. The predicted molar refractivity (Wildman–Crippen MR) is 90.2 cm³/mol. The van der Waals surface area contributed by atoms with Gasteiger partial charge in [-0.3, -0.25) is 0 Å². The molecular formula is C18H16BNO3. The Hall–Kier alpha value is -2.53. The Morgan fingerprint density at radius 2 is 1.78 bits per heavy atom. The molecule has 0 atom stereocenters. The molecule has 0 saturated carbocycles. The van der Waals surface area contributed by atoms with E-state index in [0.717, 1.165) is 22.1 Å². The van der Waals surface area contributed by atoms with Crippen molar-refractivity contribution in [1.82, 2.24) is 4.98 Å². The molecule has 0 aliphatic carbocycles. The molecule has 2 heterocycles. The quantitative estimate of drug-likeness (QED) is 0.679. The van der Waals surface area contributed by atoms with E-state index in [4.69, 9.17) is 13.7 Å². The van der Waals surface area contributed by atoms with Crippen LogP contribution in [-0.4, -0.2) is 17.7 Å². The highest BCUT2D eigenvalue weighted by Gasteiger charge is 2.42. The van der Waals surface area contributed by atoms with E-state index < -0.39 is 12.7 Å². The molecule has 23 heavy (non-hydrogen) atoms. The van der Waals surface area contributed by atoms with E-state index in [1.54, 1.807) is 0 Å². The maximum Gasteiger partial charge on any atom is 0.563 e. The summed E-state index contributed by atoms with van der Waals surface area (Å²) in [6.45, 7) is 7.79. The Morgan fingerprint density at radius 1 is 1.04 bits per heavy atom. The van der Waals surface area contributed by atoms with E-state index in [1.165, 1.54) is 0 Å². The fourth-order valence-corrected chi connectivity index (χ4v) is 2.54. The van der Waals surface area contributed by atoms with Gasteiger partial charge in [0.2, 0.25) is 5.89 Å². The zero-order valence-corrected chi connectivity index (χ0v) is 13.1. The number of aromatic nitrogens is 1. The molecule has 1 aliphatic heterocycles. The molecule has 0 spiro atoms. The average Bonchev–Trinajstić information content (AvgIpc) is 3.09. The van der Waals surface area contributed by atoms with Crippen LogP contribution in [0.1, 0.15) is 13.8 Å². The summed E-state index contributed by atoms with van der Waals surface area (Å²) >= 11 is 0. The lowest BCUT2D eigenvalue weighted by atomic mass is 9.79. The third-order valence-electron chi connectivity index (χ3n) is 4.05. The van der Waals surface area contributed by atoms with Crippen molar-refractivity contribution in [2.24, 2.45) is 0 Å². The van der Waals surface area contributed by atoms with Crippen molar-refractivity contribution in [1.29, 1.82) is 0 Å². The van der Waals surface area contributed by atoms with Gasteiger partial charge in [-0.1, -0.05) is 30.8 Å². The maximum absolute atomic E-state index is 5.88. The molecule has 114 valence electrons. The van der Waals surface area contributed by atoms with Crippen molar-refractivity contribution in [3.8, 4) is 11.5 Å². The van der Waals surface area contributed by atoms with Gasteiger partial charge in [-0.05, 0) is 43.6 Å². The Balaban J connectivity index is 1.62. The van der Waals surface area contributed by atoms with Crippen LogP contribution in [0.2, 0.25) is 0 Å². The molecule has 1 aromatic heterocycles. The minimum Gasteiger partial charge on any atom is -0.534 e. The van der Waals surface area contributed by atoms with Crippen molar-refractivity contribution in [2.75, 3.05) is 0 Å². The number of oxazole rings is 1. The monoisotopic (exact) mass is 305 g/mol. The first-order valence-electron chi connectivity index (χ1n) is 7.53. The van der Waals surface area contributed by atoms with E-state index in [2.05, 4.69) is 11.6 Å². The predicted octanol–water partition coefficient (Wildman–Crippen LogP) is 3.53. The van der Waals surface area contributed by atoms with Gasteiger partial charge < -0.3 is 13.7 Å². The molecule has 3 aromatic rings. The second-order valence-corrected chi connectivity index (χ2v) is 6.11. The highest BCUT2D eigenvalue weighted by molar-refractivity contribution is 6.62. The Labute approximate surface area is 134 Å². The lowest BCUT2D eigenvalue weighted by Crippen LogP contribution is -2.34. The summed E-state index contributed by atoms with van der Waals surface area (Å²) in [7, 11) is -0.421. The van der Waals surface area contributed by atoms with Gasteiger partial charge in [0.05, 0.1) is 5.76 Å². The van der Waals surface area contributed by atoms with E-state index in [9.17, 15) is 0 Å². The minimum atomic E-state index is -0.469. The van der Waals surface area contributed by atoms with Crippen LogP contribution in [0.3, 0.4) is 0 Å². The van der Waals surface area contributed by atoms with Gasteiger partial charge in [0.15, 0.2) is 5.58 Å². The Morgan fingerprint density at radius 3 is 2.43 bits per heavy atom. The van der Waals surface area contributed by atoms with Crippen LogP contribution in [0.5, 0.6) is 0 Å². The van der Waals surface area contributed by atoms with Crippen LogP contribution in [0.4, 0.5) is 0 Å². The van der Waals surface area contributed by atoms with Crippen LogP contribution >= 0.6 is 0 Å². The van der Waals surface area contributed by atoms with Crippen LogP contribution in [0.25, 0.3) is 22.6 Å². The van der Waals surface area contributed by atoms with Gasteiger partial charge in [0.25, 0.3) is 0 Å². The van der Waals surface area contributed by atoms with Crippen molar-refractivity contribution in [2.45, 2.75) is 19.4 Å². The minimum absolute atomic E-state index is 0.421. The van der Waals surface area contributed by atoms with E-state index in [-0.39, 0.29) is 0 Å². The second kappa shape index (κ2) is 5.00. The van der Waals surface area contributed by atoms with Gasteiger partial charge in [0.1, 0.15) is 11.1 Å². The number of benzene rings is 2. The van der Waals surface area contributed by atoms with Gasteiger partial charge in [-0.2, -0.15) is 0 Å². The smallest absolute Gasteiger partial charge is 0.534 e. The first-order chi connectivity index (χ1) is 11.0. The third kappa shape index (κ3) is 2.43. The summed E-state index contributed by atoms with van der Waals surface area (Å²) in [6.07, 6.45) is 0. The largest absolute Gasteiger partial charge is 0.563 e. The number of fused-ring (bicyclic) bond motifs is 1.